The van der Waals surface area contributed by atoms with Crippen LogP contribution in [0.1, 0.15) is 5.56 Å². The summed E-state index contributed by atoms with van der Waals surface area (Å²) in [4.78, 5) is 17.3. The molecule has 2 aromatic rings. The molecule has 0 aliphatic rings. The van der Waals surface area contributed by atoms with Gasteiger partial charge in [-0.2, -0.15) is 13.2 Å². The monoisotopic (exact) mass is 270 g/mol. The van der Waals surface area contributed by atoms with E-state index in [-0.39, 0.29) is 11.5 Å². The number of hydrogen-bond donors (Lipinski definition) is 3. The smallest absolute Gasteiger partial charge is 0.391 e. The van der Waals surface area contributed by atoms with Gasteiger partial charge in [0.25, 0.3) is 5.56 Å². The first-order valence-electron chi connectivity index (χ1n) is 5.15. The van der Waals surface area contributed by atoms with Gasteiger partial charge in [-0.25, -0.2) is 4.98 Å². The fraction of sp³-hybridized carbons (Fsp3) is 0.0909. The molecule has 0 unspecified atom stereocenters. The Morgan fingerprint density at radius 2 is 1.84 bits per heavy atom. The van der Waals surface area contributed by atoms with Crippen molar-refractivity contribution in [2.24, 2.45) is 0 Å². The van der Waals surface area contributed by atoms with Crippen LogP contribution in [0, 0.1) is 0 Å². The Morgan fingerprint density at radius 3 is 2.42 bits per heavy atom. The minimum absolute atomic E-state index is 0.0866. The molecule has 0 fully saturated rings. The van der Waals surface area contributed by atoms with Crippen LogP contribution < -0.4 is 16.6 Å². The van der Waals surface area contributed by atoms with Gasteiger partial charge in [0.1, 0.15) is 5.69 Å². The van der Waals surface area contributed by atoms with Gasteiger partial charge in [0, 0.05) is 5.69 Å². The Bertz CT molecular complexity index is 634. The molecule has 0 amide bonds. The van der Waals surface area contributed by atoms with Crippen LogP contribution in [0.3, 0.4) is 0 Å². The minimum Gasteiger partial charge on any atom is -0.391 e. The average Bonchev–Trinajstić information content (AvgIpc) is 2.35. The number of H-pyrrole nitrogens is 1. The zero-order valence-electron chi connectivity index (χ0n) is 9.45. The van der Waals surface area contributed by atoms with Crippen LogP contribution in [0.15, 0.2) is 35.4 Å². The number of aromatic amines is 1. The van der Waals surface area contributed by atoms with Crippen molar-refractivity contribution in [3.8, 4) is 0 Å². The summed E-state index contributed by atoms with van der Waals surface area (Å²) in [6.07, 6.45) is -3.25. The topological polar surface area (TPSA) is 83.8 Å². The molecule has 1 aromatic heterocycles. The van der Waals surface area contributed by atoms with E-state index in [2.05, 4.69) is 15.3 Å². The molecule has 2 rings (SSSR count). The first kappa shape index (κ1) is 12.9. The van der Waals surface area contributed by atoms with E-state index >= 15 is 0 Å². The normalized spacial score (nSPS) is 11.3. The molecule has 8 heteroatoms. The third kappa shape index (κ3) is 2.84. The minimum atomic E-state index is -4.39. The van der Waals surface area contributed by atoms with Crippen LogP contribution in [0.25, 0.3) is 0 Å². The van der Waals surface area contributed by atoms with Gasteiger partial charge in [-0.15, -0.1) is 0 Å². The summed E-state index contributed by atoms with van der Waals surface area (Å²) in [5, 5.41) is 2.67. The lowest BCUT2D eigenvalue weighted by molar-refractivity contribution is -0.137. The lowest BCUT2D eigenvalue weighted by atomic mass is 10.2. The molecule has 0 aliphatic heterocycles. The molecule has 100 valence electrons. The van der Waals surface area contributed by atoms with Crippen molar-refractivity contribution in [1.82, 2.24) is 9.97 Å². The number of rotatable bonds is 2. The number of benzene rings is 1. The highest BCUT2D eigenvalue weighted by molar-refractivity contribution is 5.67. The van der Waals surface area contributed by atoms with Crippen molar-refractivity contribution in [1.29, 1.82) is 0 Å². The quantitative estimate of drug-likeness (QED) is 0.780. The van der Waals surface area contributed by atoms with E-state index in [0.29, 0.717) is 5.69 Å². The van der Waals surface area contributed by atoms with E-state index in [1.807, 2.05) is 0 Å². The average molecular weight is 270 g/mol. The lowest BCUT2D eigenvalue weighted by Gasteiger charge is -2.09. The Labute approximate surface area is 105 Å². The highest BCUT2D eigenvalue weighted by atomic mass is 19.4. The van der Waals surface area contributed by atoms with Crippen LogP contribution in [0.4, 0.5) is 30.4 Å². The number of aromatic nitrogens is 2. The van der Waals surface area contributed by atoms with Crippen LogP contribution in [0.2, 0.25) is 0 Å². The summed E-state index contributed by atoms with van der Waals surface area (Å²) < 4.78 is 37.1. The Hall–Kier alpha value is -2.51. The van der Waals surface area contributed by atoms with Crippen LogP contribution >= 0.6 is 0 Å². The Morgan fingerprint density at radius 1 is 1.21 bits per heavy atom. The number of alkyl halides is 3. The zero-order valence-corrected chi connectivity index (χ0v) is 9.45. The summed E-state index contributed by atoms with van der Waals surface area (Å²) in [6, 6.07) is 4.30. The summed E-state index contributed by atoms with van der Waals surface area (Å²) in [6.45, 7) is 0. The molecule has 0 spiro atoms. The molecule has 0 radical (unpaired) electrons. The van der Waals surface area contributed by atoms with Gasteiger partial charge in [-0.1, -0.05) is 0 Å². The molecular formula is C11H9F3N4O. The largest absolute Gasteiger partial charge is 0.416 e. The van der Waals surface area contributed by atoms with Crippen LogP contribution in [-0.2, 0) is 6.18 Å². The number of nitrogens with one attached hydrogen (secondary N) is 2. The summed E-state index contributed by atoms with van der Waals surface area (Å²) in [5.41, 5.74) is 4.41. The Kier molecular flexibility index (Phi) is 3.16. The maximum Gasteiger partial charge on any atom is 0.416 e. The number of anilines is 3. The fourth-order valence-corrected chi connectivity index (χ4v) is 1.39. The van der Waals surface area contributed by atoms with E-state index in [1.54, 1.807) is 0 Å². The summed E-state index contributed by atoms with van der Waals surface area (Å²) >= 11 is 0. The standard InChI is InChI=1S/C11H9F3N4O/c12-11(13,14)6-1-3-7(4-2-6)18-9-8(15)10(19)17-5-16-9/h1-5H,15H2,(H2,16,17,18,19). The molecular weight excluding hydrogens is 261 g/mol. The zero-order chi connectivity index (χ0) is 14.0. The molecule has 19 heavy (non-hydrogen) atoms. The van der Waals surface area contributed by atoms with E-state index in [9.17, 15) is 18.0 Å². The maximum atomic E-state index is 12.4. The second-order valence-electron chi connectivity index (χ2n) is 3.69. The SMILES string of the molecule is Nc1c(Nc2ccc(C(F)(F)F)cc2)nc[nH]c1=O. The van der Waals surface area contributed by atoms with Gasteiger partial charge >= 0.3 is 6.18 Å². The molecule has 0 bridgehead atoms. The van der Waals surface area contributed by atoms with Crippen molar-refractivity contribution in [2.45, 2.75) is 6.18 Å². The third-order valence-corrected chi connectivity index (χ3v) is 2.36. The second kappa shape index (κ2) is 4.63. The number of nitrogens with two attached hydrogens (primary N) is 1. The summed E-state index contributed by atoms with van der Waals surface area (Å²) in [7, 11) is 0. The fourth-order valence-electron chi connectivity index (χ4n) is 1.39. The summed E-state index contributed by atoms with van der Waals surface area (Å²) in [5.74, 6) is 0.0866. The van der Waals surface area contributed by atoms with Gasteiger partial charge in [0.15, 0.2) is 5.82 Å². The number of hydrogen-bond acceptors (Lipinski definition) is 4. The first-order valence-corrected chi connectivity index (χ1v) is 5.15. The molecule has 0 atom stereocenters. The van der Waals surface area contributed by atoms with Crippen molar-refractivity contribution >= 4 is 17.2 Å². The van der Waals surface area contributed by atoms with Crippen molar-refractivity contribution in [3.63, 3.8) is 0 Å². The lowest BCUT2D eigenvalue weighted by Crippen LogP contribution is -2.14. The van der Waals surface area contributed by atoms with Gasteiger partial charge in [-0.3, -0.25) is 4.79 Å². The third-order valence-electron chi connectivity index (χ3n) is 2.36. The van der Waals surface area contributed by atoms with Crippen molar-refractivity contribution < 1.29 is 13.2 Å². The Balaban J connectivity index is 2.25. The molecule has 4 N–H and O–H groups in total. The van der Waals surface area contributed by atoms with E-state index in [1.165, 1.54) is 12.1 Å². The maximum absolute atomic E-state index is 12.4. The molecule has 0 aliphatic carbocycles. The highest BCUT2D eigenvalue weighted by Gasteiger charge is 2.29. The van der Waals surface area contributed by atoms with Crippen LogP contribution in [0.5, 0.6) is 0 Å². The number of nitrogen functional groups attached to an aromatic ring is 1. The second-order valence-corrected chi connectivity index (χ2v) is 3.69. The van der Waals surface area contributed by atoms with Gasteiger partial charge in [-0.05, 0) is 24.3 Å². The van der Waals surface area contributed by atoms with Gasteiger partial charge < -0.3 is 16.0 Å². The molecule has 1 aromatic carbocycles. The van der Waals surface area contributed by atoms with Crippen LogP contribution in [-0.4, -0.2) is 9.97 Å². The molecule has 0 saturated carbocycles. The predicted octanol–water partition coefficient (Wildman–Crippen LogP) is 2.11. The predicted molar refractivity (Wildman–Crippen MR) is 64.0 cm³/mol. The molecule has 0 saturated heterocycles. The van der Waals surface area contributed by atoms with Crippen molar-refractivity contribution in [2.75, 3.05) is 11.1 Å². The first-order chi connectivity index (χ1) is 8.88. The van der Waals surface area contributed by atoms with Crippen molar-refractivity contribution in [3.05, 3.63) is 46.5 Å². The van der Waals surface area contributed by atoms with E-state index < -0.39 is 17.3 Å². The van der Waals surface area contributed by atoms with Gasteiger partial charge in [0.05, 0.1) is 11.9 Å². The molecule has 1 heterocycles. The number of halogens is 3. The van der Waals surface area contributed by atoms with E-state index in [4.69, 9.17) is 5.73 Å². The van der Waals surface area contributed by atoms with E-state index in [0.717, 1.165) is 18.5 Å². The number of nitrogens with zero attached hydrogens (tertiary/aromatic N) is 1. The molecule has 5 nitrogen and oxygen atoms in total. The highest BCUT2D eigenvalue weighted by Crippen LogP contribution is 2.30. The van der Waals surface area contributed by atoms with Gasteiger partial charge in [0.2, 0.25) is 0 Å².